The fraction of sp³-hybridized carbons (Fsp3) is 0.333. The lowest BCUT2D eigenvalue weighted by molar-refractivity contribution is -0.141. The van der Waals surface area contributed by atoms with Crippen LogP contribution in [0.3, 0.4) is 0 Å². The Morgan fingerprint density at radius 2 is 1.85 bits per heavy atom. The molecule has 0 spiro atoms. The molecule has 1 heterocycles. The second-order valence-electron chi connectivity index (χ2n) is 6.08. The number of aryl methyl sites for hydroxylation is 1. The molecule has 0 saturated carbocycles. The molecule has 26 heavy (non-hydrogen) atoms. The lowest BCUT2D eigenvalue weighted by Gasteiger charge is -2.11. The first kappa shape index (κ1) is 19.7. The quantitative estimate of drug-likeness (QED) is 0.733. The SMILES string of the molecule is CCCC(CNC(=O)c1ccn(S(=O)(=O)c2ccc(C)cc2)c1)C(=O)O. The molecule has 8 heteroatoms. The van der Waals surface area contributed by atoms with Gasteiger partial charge >= 0.3 is 5.97 Å². The Hall–Kier alpha value is -2.61. The Morgan fingerprint density at radius 1 is 1.19 bits per heavy atom. The number of amides is 1. The van der Waals surface area contributed by atoms with Gasteiger partial charge in [-0.2, -0.15) is 0 Å². The fourth-order valence-electron chi connectivity index (χ4n) is 2.47. The van der Waals surface area contributed by atoms with Gasteiger partial charge in [-0.15, -0.1) is 0 Å². The summed E-state index contributed by atoms with van der Waals surface area (Å²) >= 11 is 0. The van der Waals surface area contributed by atoms with Crippen molar-refractivity contribution >= 4 is 21.9 Å². The topological polar surface area (TPSA) is 105 Å². The molecule has 1 unspecified atom stereocenters. The van der Waals surface area contributed by atoms with Crippen molar-refractivity contribution in [1.82, 2.24) is 9.29 Å². The van der Waals surface area contributed by atoms with Crippen LogP contribution < -0.4 is 5.32 Å². The summed E-state index contributed by atoms with van der Waals surface area (Å²) in [5.74, 6) is -2.14. The Labute approximate surface area is 152 Å². The second-order valence-corrected chi connectivity index (χ2v) is 7.93. The highest BCUT2D eigenvalue weighted by molar-refractivity contribution is 7.90. The fourth-order valence-corrected chi connectivity index (χ4v) is 3.67. The molecule has 1 aromatic heterocycles. The van der Waals surface area contributed by atoms with Crippen molar-refractivity contribution < 1.29 is 23.1 Å². The highest BCUT2D eigenvalue weighted by Crippen LogP contribution is 2.16. The molecule has 0 aliphatic heterocycles. The molecule has 0 radical (unpaired) electrons. The monoisotopic (exact) mass is 378 g/mol. The Morgan fingerprint density at radius 3 is 2.42 bits per heavy atom. The molecule has 7 nitrogen and oxygen atoms in total. The first-order valence-corrected chi connectivity index (χ1v) is 9.71. The van der Waals surface area contributed by atoms with Gasteiger partial charge in [0.2, 0.25) is 0 Å². The van der Waals surface area contributed by atoms with Gasteiger partial charge < -0.3 is 10.4 Å². The van der Waals surface area contributed by atoms with Crippen molar-refractivity contribution in [3.05, 3.63) is 53.9 Å². The number of rotatable bonds is 8. The Balaban J connectivity index is 2.12. The average molecular weight is 378 g/mol. The van der Waals surface area contributed by atoms with E-state index in [2.05, 4.69) is 5.32 Å². The van der Waals surface area contributed by atoms with Crippen LogP contribution in [0.5, 0.6) is 0 Å². The van der Waals surface area contributed by atoms with Crippen LogP contribution in [0.4, 0.5) is 0 Å². The molecule has 1 aromatic carbocycles. The summed E-state index contributed by atoms with van der Waals surface area (Å²) in [6, 6.07) is 7.80. The minimum absolute atomic E-state index is 0.00208. The predicted molar refractivity (Wildman–Crippen MR) is 96.6 cm³/mol. The standard InChI is InChI=1S/C18H22N2O5S/c1-3-4-14(18(22)23)11-19-17(21)15-9-10-20(12-15)26(24,25)16-7-5-13(2)6-8-16/h5-10,12,14H,3-4,11H2,1-2H3,(H,19,21)(H,22,23). The third-order valence-electron chi connectivity index (χ3n) is 4.02. The number of hydrogen-bond donors (Lipinski definition) is 2. The minimum Gasteiger partial charge on any atom is -0.481 e. The van der Waals surface area contributed by atoms with Crippen molar-refractivity contribution in [2.24, 2.45) is 5.92 Å². The smallest absolute Gasteiger partial charge is 0.308 e. The van der Waals surface area contributed by atoms with E-state index in [0.29, 0.717) is 12.8 Å². The van der Waals surface area contributed by atoms with Gasteiger partial charge in [0.1, 0.15) is 0 Å². The van der Waals surface area contributed by atoms with E-state index in [1.54, 1.807) is 12.1 Å². The zero-order valence-electron chi connectivity index (χ0n) is 14.7. The van der Waals surface area contributed by atoms with Crippen molar-refractivity contribution in [3.63, 3.8) is 0 Å². The lowest BCUT2D eigenvalue weighted by Crippen LogP contribution is -2.32. The first-order chi connectivity index (χ1) is 12.3. The van der Waals surface area contributed by atoms with Crippen LogP contribution in [0, 0.1) is 12.8 Å². The van der Waals surface area contributed by atoms with Crippen LogP contribution in [0.1, 0.15) is 35.7 Å². The van der Waals surface area contributed by atoms with Gasteiger partial charge in [0.15, 0.2) is 0 Å². The van der Waals surface area contributed by atoms with Crippen molar-refractivity contribution in [3.8, 4) is 0 Å². The minimum atomic E-state index is -3.78. The number of aliphatic carboxylic acids is 1. The van der Waals surface area contributed by atoms with E-state index in [9.17, 15) is 18.0 Å². The van der Waals surface area contributed by atoms with Crippen LogP contribution in [-0.4, -0.2) is 35.9 Å². The van der Waals surface area contributed by atoms with E-state index in [0.717, 1.165) is 9.54 Å². The summed E-state index contributed by atoms with van der Waals surface area (Å²) in [7, 11) is -3.78. The molecular formula is C18H22N2O5S. The van der Waals surface area contributed by atoms with Crippen LogP contribution in [-0.2, 0) is 14.8 Å². The number of nitrogens with zero attached hydrogens (tertiary/aromatic N) is 1. The molecule has 1 atom stereocenters. The van der Waals surface area contributed by atoms with Gasteiger partial charge in [0.25, 0.3) is 15.9 Å². The van der Waals surface area contributed by atoms with E-state index < -0.39 is 27.8 Å². The zero-order valence-corrected chi connectivity index (χ0v) is 15.5. The first-order valence-electron chi connectivity index (χ1n) is 8.27. The Bertz CT molecular complexity index is 885. The van der Waals surface area contributed by atoms with Gasteiger partial charge in [-0.3, -0.25) is 9.59 Å². The van der Waals surface area contributed by atoms with E-state index in [1.807, 2.05) is 13.8 Å². The summed E-state index contributed by atoms with van der Waals surface area (Å²) in [4.78, 5) is 23.4. The maximum Gasteiger partial charge on any atom is 0.308 e. The van der Waals surface area contributed by atoms with Gasteiger partial charge in [0.05, 0.1) is 16.4 Å². The highest BCUT2D eigenvalue weighted by Gasteiger charge is 2.20. The molecular weight excluding hydrogens is 356 g/mol. The summed E-state index contributed by atoms with van der Waals surface area (Å²) in [6.07, 6.45) is 3.67. The van der Waals surface area contributed by atoms with Gasteiger partial charge in [-0.1, -0.05) is 31.0 Å². The van der Waals surface area contributed by atoms with Gasteiger partial charge in [0, 0.05) is 18.9 Å². The molecule has 1 amide bonds. The lowest BCUT2D eigenvalue weighted by atomic mass is 10.0. The third-order valence-corrected chi connectivity index (χ3v) is 5.67. The van der Waals surface area contributed by atoms with Crippen LogP contribution in [0.2, 0.25) is 0 Å². The number of hydrogen-bond acceptors (Lipinski definition) is 4. The van der Waals surface area contributed by atoms with E-state index >= 15 is 0 Å². The largest absolute Gasteiger partial charge is 0.481 e. The van der Waals surface area contributed by atoms with Crippen molar-refractivity contribution in [2.75, 3.05) is 6.54 Å². The number of nitrogens with one attached hydrogen (secondary N) is 1. The second kappa shape index (κ2) is 8.18. The molecule has 2 aromatic rings. The van der Waals surface area contributed by atoms with Gasteiger partial charge in [-0.05, 0) is 31.5 Å². The zero-order chi connectivity index (χ0) is 19.3. The predicted octanol–water partition coefficient (Wildman–Crippen LogP) is 2.26. The summed E-state index contributed by atoms with van der Waals surface area (Å²) in [5, 5.41) is 11.7. The van der Waals surface area contributed by atoms with E-state index in [-0.39, 0.29) is 17.0 Å². The maximum absolute atomic E-state index is 12.6. The number of carbonyl (C=O) groups is 2. The van der Waals surface area contributed by atoms with E-state index in [1.165, 1.54) is 30.6 Å². The molecule has 0 bridgehead atoms. The molecule has 0 fully saturated rings. The molecule has 0 aliphatic carbocycles. The van der Waals surface area contributed by atoms with Crippen LogP contribution in [0.25, 0.3) is 0 Å². The normalized spacial score (nSPS) is 12.5. The molecule has 140 valence electrons. The molecule has 2 rings (SSSR count). The number of benzene rings is 1. The molecule has 0 saturated heterocycles. The molecule has 2 N–H and O–H groups in total. The van der Waals surface area contributed by atoms with Crippen LogP contribution in [0.15, 0.2) is 47.6 Å². The Kier molecular flexibility index (Phi) is 6.20. The molecule has 0 aliphatic rings. The van der Waals surface area contributed by atoms with E-state index in [4.69, 9.17) is 5.11 Å². The average Bonchev–Trinajstić information content (AvgIpc) is 3.09. The summed E-state index contributed by atoms with van der Waals surface area (Å²) in [5.41, 5.74) is 1.10. The number of carbonyl (C=O) groups excluding carboxylic acids is 1. The highest BCUT2D eigenvalue weighted by atomic mass is 32.2. The van der Waals surface area contributed by atoms with Crippen molar-refractivity contribution in [2.45, 2.75) is 31.6 Å². The summed E-state index contributed by atoms with van der Waals surface area (Å²) in [6.45, 7) is 3.73. The summed E-state index contributed by atoms with van der Waals surface area (Å²) < 4.78 is 26.1. The number of aromatic nitrogens is 1. The van der Waals surface area contributed by atoms with Crippen molar-refractivity contribution in [1.29, 1.82) is 0 Å². The maximum atomic E-state index is 12.6. The number of carboxylic acids is 1. The van der Waals surface area contributed by atoms with Gasteiger partial charge in [-0.25, -0.2) is 12.4 Å². The van der Waals surface area contributed by atoms with Crippen LogP contribution >= 0.6 is 0 Å². The third kappa shape index (κ3) is 4.51. The number of carboxylic acid groups (broad SMARTS) is 1.